The highest BCUT2D eigenvalue weighted by atomic mass is 35.5. The van der Waals surface area contributed by atoms with Crippen LogP contribution in [0.3, 0.4) is 0 Å². The summed E-state index contributed by atoms with van der Waals surface area (Å²) in [5.41, 5.74) is 9.00. The van der Waals surface area contributed by atoms with Gasteiger partial charge >= 0.3 is 5.97 Å². The standard InChI is InChI=1S/C26H31Cl2N3O3/c1-3-5-12-33-23-11-10-17(14-18(23)26(32)34-13-6-4-2)21(29)15-24-30-16-22(31-24)25-19(27)8-7-9-20(25)28/h7-11,14,16,21H,3-6,12-13,15,29H2,1-2H3,(H,30,31). The van der Waals surface area contributed by atoms with Crippen LogP contribution in [0.15, 0.2) is 42.6 Å². The average Bonchev–Trinajstić information content (AvgIpc) is 3.27. The zero-order chi connectivity index (χ0) is 24.5. The predicted molar refractivity (Wildman–Crippen MR) is 137 cm³/mol. The Kier molecular flexibility index (Phi) is 9.81. The number of nitrogens with one attached hydrogen (secondary N) is 1. The van der Waals surface area contributed by atoms with E-state index in [1.807, 2.05) is 13.0 Å². The van der Waals surface area contributed by atoms with Gasteiger partial charge in [0, 0.05) is 24.2 Å². The number of nitrogens with zero attached hydrogens (tertiary/aromatic N) is 1. The number of unbranched alkanes of at least 4 members (excludes halogenated alkanes) is 2. The Hall–Kier alpha value is -2.54. The minimum absolute atomic E-state index is 0.375. The van der Waals surface area contributed by atoms with Gasteiger partial charge in [0.1, 0.15) is 17.1 Å². The number of esters is 1. The molecule has 0 amide bonds. The van der Waals surface area contributed by atoms with Crippen molar-refractivity contribution in [3.8, 4) is 17.0 Å². The van der Waals surface area contributed by atoms with E-state index in [0.29, 0.717) is 58.1 Å². The molecule has 1 heterocycles. The molecule has 1 unspecified atom stereocenters. The molecule has 0 saturated carbocycles. The number of imidazole rings is 1. The SMILES string of the molecule is CCCCOC(=O)c1cc(C(N)Cc2nc(-c3c(Cl)cccc3Cl)c[nH]2)ccc1OCCCC. The van der Waals surface area contributed by atoms with Crippen molar-refractivity contribution in [2.75, 3.05) is 13.2 Å². The summed E-state index contributed by atoms with van der Waals surface area (Å²) in [5.74, 6) is 0.802. The second-order valence-electron chi connectivity index (χ2n) is 8.09. The fourth-order valence-corrected chi connectivity index (χ4v) is 4.03. The number of aromatic nitrogens is 2. The Morgan fingerprint density at radius 1 is 1.09 bits per heavy atom. The van der Waals surface area contributed by atoms with E-state index in [0.717, 1.165) is 31.2 Å². The van der Waals surface area contributed by atoms with Crippen molar-refractivity contribution in [2.24, 2.45) is 5.73 Å². The van der Waals surface area contributed by atoms with Gasteiger partial charge in [-0.3, -0.25) is 0 Å². The van der Waals surface area contributed by atoms with Crippen molar-refractivity contribution in [3.05, 3.63) is 69.6 Å². The molecule has 3 aromatic rings. The van der Waals surface area contributed by atoms with Gasteiger partial charge in [0.05, 0.1) is 29.0 Å². The van der Waals surface area contributed by atoms with E-state index in [-0.39, 0.29) is 0 Å². The Labute approximate surface area is 210 Å². The molecular formula is C26H31Cl2N3O3. The maximum absolute atomic E-state index is 12.7. The highest BCUT2D eigenvalue weighted by Crippen LogP contribution is 2.34. The second kappa shape index (κ2) is 12.8. The number of hydrogen-bond acceptors (Lipinski definition) is 5. The van der Waals surface area contributed by atoms with Crippen LogP contribution < -0.4 is 10.5 Å². The highest BCUT2D eigenvalue weighted by molar-refractivity contribution is 6.39. The molecule has 3 rings (SSSR count). The van der Waals surface area contributed by atoms with Gasteiger partial charge in [-0.15, -0.1) is 0 Å². The summed E-state index contributed by atoms with van der Waals surface area (Å²) < 4.78 is 11.3. The van der Waals surface area contributed by atoms with Gasteiger partial charge in [-0.05, 0) is 42.7 Å². The van der Waals surface area contributed by atoms with E-state index in [9.17, 15) is 4.79 Å². The summed E-state index contributed by atoms with van der Waals surface area (Å²) in [6, 6.07) is 10.4. The molecule has 0 spiro atoms. The lowest BCUT2D eigenvalue weighted by atomic mass is 10.0. The van der Waals surface area contributed by atoms with Gasteiger partial charge < -0.3 is 20.2 Å². The number of carbonyl (C=O) groups excluding carboxylic acids is 1. The van der Waals surface area contributed by atoms with Crippen molar-refractivity contribution < 1.29 is 14.3 Å². The molecule has 0 fully saturated rings. The van der Waals surface area contributed by atoms with E-state index in [4.69, 9.17) is 38.4 Å². The van der Waals surface area contributed by atoms with Crippen molar-refractivity contribution in [1.29, 1.82) is 0 Å². The molecule has 0 aliphatic carbocycles. The largest absolute Gasteiger partial charge is 0.493 e. The van der Waals surface area contributed by atoms with Crippen LogP contribution in [-0.4, -0.2) is 29.2 Å². The molecule has 0 aliphatic heterocycles. The molecule has 0 bridgehead atoms. The molecule has 0 saturated heterocycles. The van der Waals surface area contributed by atoms with Crippen LogP contribution in [0.1, 0.15) is 67.3 Å². The lowest BCUT2D eigenvalue weighted by Gasteiger charge is -2.16. The third-order valence-corrected chi connectivity index (χ3v) is 6.03. The van der Waals surface area contributed by atoms with E-state index in [2.05, 4.69) is 16.9 Å². The average molecular weight is 504 g/mol. The quantitative estimate of drug-likeness (QED) is 0.210. The smallest absolute Gasteiger partial charge is 0.341 e. The first-order valence-corrected chi connectivity index (χ1v) is 12.4. The molecule has 6 nitrogen and oxygen atoms in total. The predicted octanol–water partition coefficient (Wildman–Crippen LogP) is 6.76. The van der Waals surface area contributed by atoms with Crippen molar-refractivity contribution >= 4 is 29.2 Å². The summed E-state index contributed by atoms with van der Waals surface area (Å²) in [4.78, 5) is 20.5. The molecule has 2 aromatic carbocycles. The molecule has 0 aliphatic rings. The van der Waals surface area contributed by atoms with Crippen LogP contribution >= 0.6 is 23.2 Å². The molecular weight excluding hydrogens is 473 g/mol. The van der Waals surface area contributed by atoms with Crippen LogP contribution in [0.2, 0.25) is 10.0 Å². The van der Waals surface area contributed by atoms with Gasteiger partial charge in [0.15, 0.2) is 0 Å². The number of benzene rings is 2. The van der Waals surface area contributed by atoms with Gasteiger partial charge in [-0.2, -0.15) is 0 Å². The number of hydrogen-bond donors (Lipinski definition) is 2. The molecule has 182 valence electrons. The lowest BCUT2D eigenvalue weighted by molar-refractivity contribution is 0.0495. The van der Waals surface area contributed by atoms with Crippen LogP contribution in [0.4, 0.5) is 0 Å². The molecule has 1 aromatic heterocycles. The first kappa shape index (κ1) is 26.1. The van der Waals surface area contributed by atoms with Crippen LogP contribution in [0, 0.1) is 0 Å². The molecule has 1 atom stereocenters. The second-order valence-corrected chi connectivity index (χ2v) is 8.90. The van der Waals surface area contributed by atoms with Crippen LogP contribution in [0.5, 0.6) is 5.75 Å². The van der Waals surface area contributed by atoms with E-state index in [1.165, 1.54) is 0 Å². The Bertz CT molecular complexity index is 1080. The lowest BCUT2D eigenvalue weighted by Crippen LogP contribution is -2.16. The fourth-order valence-electron chi connectivity index (χ4n) is 3.44. The van der Waals surface area contributed by atoms with Crippen LogP contribution in [-0.2, 0) is 11.2 Å². The number of aromatic amines is 1. The Balaban J connectivity index is 1.78. The first-order chi connectivity index (χ1) is 16.4. The third kappa shape index (κ3) is 6.75. The van der Waals surface area contributed by atoms with Crippen molar-refractivity contribution in [2.45, 2.75) is 52.0 Å². The Morgan fingerprint density at radius 3 is 2.50 bits per heavy atom. The van der Waals surface area contributed by atoms with Gasteiger partial charge in [0.2, 0.25) is 0 Å². The number of carbonyl (C=O) groups is 1. The zero-order valence-corrected chi connectivity index (χ0v) is 21.1. The van der Waals surface area contributed by atoms with E-state index in [1.54, 1.807) is 36.5 Å². The number of H-pyrrole nitrogens is 1. The van der Waals surface area contributed by atoms with Crippen molar-refractivity contribution in [3.63, 3.8) is 0 Å². The zero-order valence-electron chi connectivity index (χ0n) is 19.6. The minimum Gasteiger partial charge on any atom is -0.493 e. The summed E-state index contributed by atoms with van der Waals surface area (Å²) in [7, 11) is 0. The third-order valence-electron chi connectivity index (χ3n) is 5.40. The van der Waals surface area contributed by atoms with Crippen LogP contribution in [0.25, 0.3) is 11.3 Å². The maximum Gasteiger partial charge on any atom is 0.341 e. The molecule has 8 heteroatoms. The molecule has 34 heavy (non-hydrogen) atoms. The van der Waals surface area contributed by atoms with Crippen molar-refractivity contribution in [1.82, 2.24) is 9.97 Å². The summed E-state index contributed by atoms with van der Waals surface area (Å²) in [6.07, 6.45) is 5.86. The maximum atomic E-state index is 12.7. The topological polar surface area (TPSA) is 90.2 Å². The monoisotopic (exact) mass is 503 g/mol. The normalized spacial score (nSPS) is 11.9. The fraction of sp³-hybridized carbons (Fsp3) is 0.385. The number of rotatable bonds is 12. The number of nitrogens with two attached hydrogens (primary N) is 1. The highest BCUT2D eigenvalue weighted by Gasteiger charge is 2.19. The first-order valence-electron chi connectivity index (χ1n) is 11.6. The van der Waals surface area contributed by atoms with Gasteiger partial charge in [0.25, 0.3) is 0 Å². The summed E-state index contributed by atoms with van der Waals surface area (Å²) in [6.45, 7) is 5.05. The Morgan fingerprint density at radius 2 is 1.79 bits per heavy atom. The molecule has 3 N–H and O–H groups in total. The minimum atomic E-state index is -0.400. The van der Waals surface area contributed by atoms with E-state index < -0.39 is 12.0 Å². The number of ether oxygens (including phenoxy) is 2. The summed E-state index contributed by atoms with van der Waals surface area (Å²) in [5, 5.41) is 1.06. The summed E-state index contributed by atoms with van der Waals surface area (Å²) >= 11 is 12.6. The van der Waals surface area contributed by atoms with Gasteiger partial charge in [-0.25, -0.2) is 9.78 Å². The molecule has 0 radical (unpaired) electrons. The number of halogens is 2. The van der Waals surface area contributed by atoms with E-state index >= 15 is 0 Å². The van der Waals surface area contributed by atoms with Gasteiger partial charge in [-0.1, -0.05) is 62.0 Å².